The van der Waals surface area contributed by atoms with Gasteiger partial charge in [0.1, 0.15) is 6.20 Å². The Labute approximate surface area is 85.5 Å². The standard InChI is InChI=1S/C9H12F3N3/c10-9(11,12)7-2-3-8(15-6-7)14-5-1-4-13/h2-3,6H,1,4-5,13H2,(H,14,15)/p+2. The van der Waals surface area contributed by atoms with E-state index in [4.69, 9.17) is 0 Å². The van der Waals surface area contributed by atoms with Gasteiger partial charge < -0.3 is 5.73 Å². The number of rotatable bonds is 4. The van der Waals surface area contributed by atoms with Crippen LogP contribution in [-0.2, 0) is 6.18 Å². The lowest BCUT2D eigenvalue weighted by atomic mass is 10.3. The number of alkyl halides is 3. The van der Waals surface area contributed by atoms with E-state index in [9.17, 15) is 13.2 Å². The normalized spacial score (nSPS) is 11.5. The van der Waals surface area contributed by atoms with Gasteiger partial charge >= 0.3 is 6.18 Å². The summed E-state index contributed by atoms with van der Waals surface area (Å²) in [6.45, 7) is 1.50. The highest BCUT2D eigenvalue weighted by atomic mass is 19.4. The summed E-state index contributed by atoms with van der Waals surface area (Å²) in [4.78, 5) is 2.55. The van der Waals surface area contributed by atoms with Crippen molar-refractivity contribution in [3.8, 4) is 0 Å². The second-order valence-corrected chi connectivity index (χ2v) is 3.12. The summed E-state index contributed by atoms with van der Waals surface area (Å²) in [5, 5.41) is 2.96. The van der Waals surface area contributed by atoms with Crippen molar-refractivity contribution >= 4 is 5.82 Å². The number of halogens is 3. The summed E-state index contributed by atoms with van der Waals surface area (Å²) in [5.74, 6) is 0.580. The van der Waals surface area contributed by atoms with Crippen LogP contribution in [0.5, 0.6) is 0 Å². The van der Waals surface area contributed by atoms with Gasteiger partial charge in [-0.1, -0.05) is 0 Å². The molecule has 1 heterocycles. The lowest BCUT2D eigenvalue weighted by molar-refractivity contribution is -0.368. The molecule has 3 nitrogen and oxygen atoms in total. The summed E-state index contributed by atoms with van der Waals surface area (Å²) in [6.07, 6.45) is -2.45. The van der Waals surface area contributed by atoms with E-state index in [0.717, 1.165) is 25.2 Å². The van der Waals surface area contributed by atoms with Gasteiger partial charge in [-0.3, -0.25) is 5.32 Å². The highest BCUT2D eigenvalue weighted by Crippen LogP contribution is 2.27. The Morgan fingerprint density at radius 2 is 2.07 bits per heavy atom. The molecule has 0 aromatic carbocycles. The van der Waals surface area contributed by atoms with Crippen molar-refractivity contribution in [1.29, 1.82) is 0 Å². The summed E-state index contributed by atoms with van der Waals surface area (Å²) >= 11 is 0. The predicted molar refractivity (Wildman–Crippen MR) is 48.9 cm³/mol. The van der Waals surface area contributed by atoms with Crippen molar-refractivity contribution in [2.24, 2.45) is 0 Å². The molecule has 6 heteroatoms. The Morgan fingerprint density at radius 3 is 2.53 bits per heavy atom. The van der Waals surface area contributed by atoms with Gasteiger partial charge in [-0.25, -0.2) is 4.98 Å². The maximum atomic E-state index is 12.2. The highest BCUT2D eigenvalue weighted by Gasteiger charge is 2.31. The Balaban J connectivity index is 2.57. The molecule has 0 aliphatic rings. The molecule has 0 saturated heterocycles. The molecule has 0 atom stereocenters. The minimum absolute atomic E-state index is 0.580. The zero-order chi connectivity index (χ0) is 11.3. The quantitative estimate of drug-likeness (QED) is 0.717. The molecule has 0 spiro atoms. The monoisotopic (exact) mass is 221 g/mol. The first-order valence-electron chi connectivity index (χ1n) is 4.66. The van der Waals surface area contributed by atoms with Crippen molar-refractivity contribution in [1.82, 2.24) is 0 Å². The molecule has 1 aromatic heterocycles. The first kappa shape index (κ1) is 11.8. The average molecular weight is 221 g/mol. The van der Waals surface area contributed by atoms with Crippen LogP contribution in [0.3, 0.4) is 0 Å². The number of aromatic amines is 1. The van der Waals surface area contributed by atoms with Crippen LogP contribution in [0, 0.1) is 0 Å². The maximum Gasteiger partial charge on any atom is 0.419 e. The van der Waals surface area contributed by atoms with Crippen LogP contribution in [0.2, 0.25) is 0 Å². The van der Waals surface area contributed by atoms with Crippen LogP contribution in [0.15, 0.2) is 18.3 Å². The van der Waals surface area contributed by atoms with Crippen LogP contribution in [0.4, 0.5) is 19.0 Å². The van der Waals surface area contributed by atoms with Gasteiger partial charge in [0.25, 0.3) is 5.82 Å². The number of aromatic nitrogens is 1. The third-order valence-electron chi connectivity index (χ3n) is 1.88. The molecule has 84 valence electrons. The fourth-order valence-corrected chi connectivity index (χ4v) is 1.06. The van der Waals surface area contributed by atoms with Crippen LogP contribution in [0.1, 0.15) is 12.0 Å². The Morgan fingerprint density at radius 1 is 1.33 bits per heavy atom. The molecule has 0 unspecified atom stereocenters. The van der Waals surface area contributed by atoms with Gasteiger partial charge in [0.2, 0.25) is 0 Å². The van der Waals surface area contributed by atoms with E-state index < -0.39 is 11.7 Å². The number of hydrogen-bond acceptors (Lipinski definition) is 1. The van der Waals surface area contributed by atoms with Crippen molar-refractivity contribution in [3.63, 3.8) is 0 Å². The Hall–Kier alpha value is -1.30. The van der Waals surface area contributed by atoms with E-state index in [-0.39, 0.29) is 0 Å². The molecule has 0 radical (unpaired) electrons. The summed E-state index contributed by atoms with van der Waals surface area (Å²) < 4.78 is 36.5. The Kier molecular flexibility index (Phi) is 3.90. The third kappa shape index (κ3) is 3.75. The van der Waals surface area contributed by atoms with Crippen molar-refractivity contribution < 1.29 is 23.9 Å². The van der Waals surface area contributed by atoms with Gasteiger partial charge in [-0.15, -0.1) is 0 Å². The summed E-state index contributed by atoms with van der Waals surface area (Å²) in [7, 11) is 0. The first-order valence-corrected chi connectivity index (χ1v) is 4.66. The van der Waals surface area contributed by atoms with E-state index in [1.54, 1.807) is 0 Å². The van der Waals surface area contributed by atoms with Crippen LogP contribution in [-0.4, -0.2) is 13.1 Å². The van der Waals surface area contributed by atoms with E-state index in [0.29, 0.717) is 12.4 Å². The van der Waals surface area contributed by atoms with Crippen LogP contribution >= 0.6 is 0 Å². The topological polar surface area (TPSA) is 53.8 Å². The zero-order valence-electron chi connectivity index (χ0n) is 8.19. The fraction of sp³-hybridized carbons (Fsp3) is 0.444. The van der Waals surface area contributed by atoms with E-state index in [2.05, 4.69) is 16.0 Å². The lowest BCUT2D eigenvalue weighted by Gasteiger charge is -2.04. The zero-order valence-corrected chi connectivity index (χ0v) is 8.19. The molecule has 0 aliphatic heterocycles. The summed E-state index contributed by atoms with van der Waals surface area (Å²) in [5.41, 5.74) is 2.99. The molecule has 1 rings (SSSR count). The van der Waals surface area contributed by atoms with Gasteiger partial charge in [0, 0.05) is 12.5 Å². The van der Waals surface area contributed by atoms with Crippen molar-refractivity contribution in [3.05, 3.63) is 23.9 Å². The summed E-state index contributed by atoms with van der Waals surface area (Å²) in [6, 6.07) is 2.43. The number of hydrogen-bond donors (Lipinski definition) is 2. The van der Waals surface area contributed by atoms with Crippen LogP contribution < -0.4 is 16.0 Å². The number of quaternary nitrogens is 1. The SMILES string of the molecule is [NH3+]CCCNc1ccc(C(F)(F)F)c[nH+]1. The minimum Gasteiger partial charge on any atom is -0.357 e. The predicted octanol–water partition coefficient (Wildman–Crippen LogP) is 0.563. The molecule has 5 N–H and O–H groups in total. The number of anilines is 1. The molecule has 0 aliphatic carbocycles. The third-order valence-corrected chi connectivity index (χ3v) is 1.88. The number of H-pyrrole nitrogens is 1. The van der Waals surface area contributed by atoms with Crippen LogP contribution in [0.25, 0.3) is 0 Å². The van der Waals surface area contributed by atoms with Crippen molar-refractivity contribution in [2.75, 3.05) is 18.4 Å². The highest BCUT2D eigenvalue weighted by molar-refractivity contribution is 5.29. The van der Waals surface area contributed by atoms with E-state index in [1.165, 1.54) is 6.07 Å². The lowest BCUT2D eigenvalue weighted by Crippen LogP contribution is -2.50. The molecule has 0 bridgehead atoms. The van der Waals surface area contributed by atoms with E-state index in [1.807, 2.05) is 0 Å². The van der Waals surface area contributed by atoms with E-state index >= 15 is 0 Å². The smallest absolute Gasteiger partial charge is 0.357 e. The van der Waals surface area contributed by atoms with Gasteiger partial charge in [0.05, 0.1) is 18.7 Å². The van der Waals surface area contributed by atoms with Gasteiger partial charge in [-0.2, -0.15) is 13.2 Å². The second kappa shape index (κ2) is 4.97. The first-order chi connectivity index (χ1) is 7.04. The molecule has 0 fully saturated rings. The largest absolute Gasteiger partial charge is 0.419 e. The van der Waals surface area contributed by atoms with Gasteiger partial charge in [-0.05, 0) is 6.07 Å². The fourth-order valence-electron chi connectivity index (χ4n) is 1.06. The maximum absolute atomic E-state index is 12.2. The molecule has 0 saturated carbocycles. The average Bonchev–Trinajstić information content (AvgIpc) is 2.18. The molecular formula is C9H14F3N3+2. The van der Waals surface area contributed by atoms with Gasteiger partial charge in [0.15, 0.2) is 0 Å². The number of pyridine rings is 1. The molecular weight excluding hydrogens is 207 g/mol. The number of nitrogens with one attached hydrogen (secondary N) is 2. The molecule has 1 aromatic rings. The molecule has 15 heavy (non-hydrogen) atoms. The molecule has 0 amide bonds. The minimum atomic E-state index is -4.29. The van der Waals surface area contributed by atoms with Crippen molar-refractivity contribution in [2.45, 2.75) is 12.6 Å². The Bertz CT molecular complexity index is 294. The second-order valence-electron chi connectivity index (χ2n) is 3.12.